The van der Waals surface area contributed by atoms with E-state index in [9.17, 15) is 4.79 Å². The predicted octanol–water partition coefficient (Wildman–Crippen LogP) is 3.42. The van der Waals surface area contributed by atoms with E-state index in [2.05, 4.69) is 32.6 Å². The lowest BCUT2D eigenvalue weighted by atomic mass is 9.69. The third-order valence-corrected chi connectivity index (χ3v) is 5.81. The van der Waals surface area contributed by atoms with Crippen LogP contribution in [0.4, 0.5) is 0 Å². The molecule has 2 unspecified atom stereocenters. The van der Waals surface area contributed by atoms with Gasteiger partial charge in [0.25, 0.3) is 0 Å². The average Bonchev–Trinajstić information content (AvgIpc) is 2.46. The lowest BCUT2D eigenvalue weighted by molar-refractivity contribution is -0.139. The number of carbonyl (C=O) groups excluding carboxylic acids is 1. The maximum atomic E-state index is 12.8. The number of hydrogen-bond donors (Lipinski definition) is 1. The van der Waals surface area contributed by atoms with Crippen molar-refractivity contribution in [2.24, 2.45) is 28.9 Å². The van der Waals surface area contributed by atoms with E-state index >= 15 is 0 Å². The summed E-state index contributed by atoms with van der Waals surface area (Å²) in [5.41, 5.74) is 6.42. The van der Waals surface area contributed by atoms with Gasteiger partial charge in [-0.25, -0.2) is 0 Å². The number of carbonyl (C=O) groups is 1. The molecule has 0 aromatic rings. The molecule has 1 aliphatic carbocycles. The highest BCUT2D eigenvalue weighted by atomic mass is 16.2. The van der Waals surface area contributed by atoms with Crippen LogP contribution in [-0.2, 0) is 4.79 Å². The fraction of sp³-hybridized carbons (Fsp3) is 0.944. The highest BCUT2D eigenvalue weighted by Crippen LogP contribution is 2.40. The van der Waals surface area contributed by atoms with Gasteiger partial charge in [0.2, 0.25) is 5.91 Å². The summed E-state index contributed by atoms with van der Waals surface area (Å²) < 4.78 is 0. The number of rotatable bonds is 2. The SMILES string of the molecule is CC(N)C1CCCN(C(=O)C2CCC(C(C)(C)C)CC2)C1. The van der Waals surface area contributed by atoms with Gasteiger partial charge in [-0.05, 0) is 62.7 Å². The molecule has 2 rings (SSSR count). The lowest BCUT2D eigenvalue weighted by Gasteiger charge is -2.40. The Balaban J connectivity index is 1.87. The van der Waals surface area contributed by atoms with Crippen LogP contribution in [0.3, 0.4) is 0 Å². The van der Waals surface area contributed by atoms with E-state index in [4.69, 9.17) is 5.73 Å². The van der Waals surface area contributed by atoms with Crippen molar-refractivity contribution in [1.29, 1.82) is 0 Å². The minimum atomic E-state index is 0.206. The number of hydrogen-bond acceptors (Lipinski definition) is 2. The number of nitrogens with two attached hydrogens (primary N) is 1. The molecular formula is C18H34N2O. The van der Waals surface area contributed by atoms with Gasteiger partial charge in [0.1, 0.15) is 0 Å². The lowest BCUT2D eigenvalue weighted by Crippen LogP contribution is -2.47. The van der Waals surface area contributed by atoms with Crippen molar-refractivity contribution in [3.05, 3.63) is 0 Å². The number of nitrogens with zero attached hydrogens (tertiary/aromatic N) is 1. The standard InChI is InChI=1S/C18H34N2O/c1-13(19)15-6-5-11-20(12-15)17(21)14-7-9-16(10-8-14)18(2,3)4/h13-16H,5-12,19H2,1-4H3. The van der Waals surface area contributed by atoms with Gasteiger partial charge in [-0.2, -0.15) is 0 Å². The Hall–Kier alpha value is -0.570. The summed E-state index contributed by atoms with van der Waals surface area (Å²) in [5, 5.41) is 0. The highest BCUT2D eigenvalue weighted by Gasteiger charge is 2.35. The van der Waals surface area contributed by atoms with Gasteiger partial charge >= 0.3 is 0 Å². The van der Waals surface area contributed by atoms with Crippen molar-refractivity contribution in [2.45, 2.75) is 72.3 Å². The van der Waals surface area contributed by atoms with E-state index in [0.717, 1.165) is 38.3 Å². The van der Waals surface area contributed by atoms with Crippen molar-refractivity contribution < 1.29 is 4.79 Å². The summed E-state index contributed by atoms with van der Waals surface area (Å²) in [6.45, 7) is 10.9. The topological polar surface area (TPSA) is 46.3 Å². The molecule has 3 heteroatoms. The molecule has 21 heavy (non-hydrogen) atoms. The van der Waals surface area contributed by atoms with Gasteiger partial charge in [0.15, 0.2) is 0 Å². The number of amides is 1. The molecule has 2 aliphatic rings. The first-order valence-corrected chi connectivity index (χ1v) is 8.83. The molecule has 0 spiro atoms. The Morgan fingerprint density at radius 3 is 2.29 bits per heavy atom. The second-order valence-corrected chi connectivity index (χ2v) is 8.46. The molecule has 2 atom stereocenters. The first-order chi connectivity index (χ1) is 9.79. The monoisotopic (exact) mass is 294 g/mol. The average molecular weight is 294 g/mol. The Kier molecular flexibility index (Phi) is 5.34. The van der Waals surface area contributed by atoms with E-state index in [1.165, 1.54) is 19.3 Å². The summed E-state index contributed by atoms with van der Waals surface area (Å²) in [4.78, 5) is 14.9. The summed E-state index contributed by atoms with van der Waals surface area (Å²) in [6.07, 6.45) is 6.89. The van der Waals surface area contributed by atoms with Gasteiger partial charge in [-0.1, -0.05) is 20.8 Å². The Bertz CT molecular complexity index is 351. The van der Waals surface area contributed by atoms with Crippen molar-refractivity contribution in [2.75, 3.05) is 13.1 Å². The van der Waals surface area contributed by atoms with Crippen LogP contribution in [0.2, 0.25) is 0 Å². The molecule has 0 radical (unpaired) electrons. The highest BCUT2D eigenvalue weighted by molar-refractivity contribution is 5.79. The van der Waals surface area contributed by atoms with Crippen LogP contribution in [0.15, 0.2) is 0 Å². The Morgan fingerprint density at radius 2 is 1.76 bits per heavy atom. The zero-order valence-electron chi connectivity index (χ0n) is 14.4. The minimum Gasteiger partial charge on any atom is -0.342 e. The molecule has 3 nitrogen and oxygen atoms in total. The van der Waals surface area contributed by atoms with Crippen LogP contribution < -0.4 is 5.73 Å². The zero-order chi connectivity index (χ0) is 15.6. The van der Waals surface area contributed by atoms with Crippen LogP contribution in [0, 0.1) is 23.2 Å². The van der Waals surface area contributed by atoms with E-state index in [-0.39, 0.29) is 12.0 Å². The summed E-state index contributed by atoms with van der Waals surface area (Å²) >= 11 is 0. The third-order valence-electron chi connectivity index (χ3n) is 5.81. The second-order valence-electron chi connectivity index (χ2n) is 8.46. The minimum absolute atomic E-state index is 0.206. The molecule has 0 aromatic heterocycles. The van der Waals surface area contributed by atoms with Crippen LogP contribution in [-0.4, -0.2) is 29.9 Å². The van der Waals surface area contributed by atoms with Crippen LogP contribution >= 0.6 is 0 Å². The summed E-state index contributed by atoms with van der Waals surface area (Å²) in [7, 11) is 0. The van der Waals surface area contributed by atoms with Gasteiger partial charge in [0, 0.05) is 25.0 Å². The van der Waals surface area contributed by atoms with Crippen molar-refractivity contribution in [3.63, 3.8) is 0 Å². The molecule has 1 saturated heterocycles. The van der Waals surface area contributed by atoms with E-state index in [1.54, 1.807) is 0 Å². The quantitative estimate of drug-likeness (QED) is 0.848. The summed E-state index contributed by atoms with van der Waals surface area (Å²) in [5.74, 6) is 1.96. The van der Waals surface area contributed by atoms with Crippen molar-refractivity contribution in [3.8, 4) is 0 Å². The van der Waals surface area contributed by atoms with Gasteiger partial charge in [-0.15, -0.1) is 0 Å². The van der Waals surface area contributed by atoms with Gasteiger partial charge in [-0.3, -0.25) is 4.79 Å². The van der Waals surface area contributed by atoms with Gasteiger partial charge in [0.05, 0.1) is 0 Å². The molecule has 1 heterocycles. The second kappa shape index (κ2) is 6.68. The first-order valence-electron chi connectivity index (χ1n) is 8.83. The van der Waals surface area contributed by atoms with Crippen LogP contribution in [0.1, 0.15) is 66.2 Å². The van der Waals surface area contributed by atoms with Gasteiger partial charge < -0.3 is 10.6 Å². The smallest absolute Gasteiger partial charge is 0.225 e. The maximum Gasteiger partial charge on any atom is 0.225 e. The summed E-state index contributed by atoms with van der Waals surface area (Å²) in [6, 6.07) is 0.206. The molecular weight excluding hydrogens is 260 g/mol. The molecule has 122 valence electrons. The Labute approximate surface area is 130 Å². The van der Waals surface area contributed by atoms with Crippen LogP contribution in [0.25, 0.3) is 0 Å². The van der Waals surface area contributed by atoms with Crippen LogP contribution in [0.5, 0.6) is 0 Å². The number of piperidine rings is 1. The Morgan fingerprint density at radius 1 is 1.14 bits per heavy atom. The normalized spacial score (nSPS) is 32.8. The third kappa shape index (κ3) is 4.21. The molecule has 1 amide bonds. The first kappa shape index (κ1) is 16.8. The van der Waals surface area contributed by atoms with E-state index in [1.807, 2.05) is 0 Å². The molecule has 0 bridgehead atoms. The fourth-order valence-corrected chi connectivity index (χ4v) is 4.10. The number of likely N-dealkylation sites (tertiary alicyclic amines) is 1. The maximum absolute atomic E-state index is 12.8. The zero-order valence-corrected chi connectivity index (χ0v) is 14.4. The predicted molar refractivity (Wildman–Crippen MR) is 87.9 cm³/mol. The molecule has 2 N–H and O–H groups in total. The molecule has 2 fully saturated rings. The van der Waals surface area contributed by atoms with E-state index in [0.29, 0.717) is 17.2 Å². The van der Waals surface area contributed by atoms with E-state index < -0.39 is 0 Å². The van der Waals surface area contributed by atoms with Crippen molar-refractivity contribution in [1.82, 2.24) is 4.90 Å². The molecule has 1 aliphatic heterocycles. The van der Waals surface area contributed by atoms with Crippen molar-refractivity contribution >= 4 is 5.91 Å². The largest absolute Gasteiger partial charge is 0.342 e. The molecule has 1 saturated carbocycles. The fourth-order valence-electron chi connectivity index (χ4n) is 4.10. The molecule has 0 aromatic carbocycles.